The molecule has 7 nitrogen and oxygen atoms in total. The van der Waals surface area contributed by atoms with E-state index in [4.69, 9.17) is 16.3 Å². The number of carbonyl (C=O) groups is 1. The van der Waals surface area contributed by atoms with Crippen molar-refractivity contribution in [3.05, 3.63) is 47.2 Å². The van der Waals surface area contributed by atoms with Crippen molar-refractivity contribution in [3.8, 4) is 5.75 Å². The molecule has 0 spiro atoms. The summed E-state index contributed by atoms with van der Waals surface area (Å²) in [4.78, 5) is 18.1. The highest BCUT2D eigenvalue weighted by atomic mass is 35.5. The van der Waals surface area contributed by atoms with Crippen LogP contribution in [0.1, 0.15) is 18.4 Å². The first-order valence-electron chi connectivity index (χ1n) is 9.80. The molecule has 4 rings (SSSR count). The lowest BCUT2D eigenvalue weighted by Gasteiger charge is -2.32. The number of methoxy groups -OCH3 is 1. The van der Waals surface area contributed by atoms with Gasteiger partial charge in [-0.1, -0.05) is 11.6 Å². The maximum absolute atomic E-state index is 12.7. The van der Waals surface area contributed by atoms with E-state index in [1.807, 2.05) is 30.5 Å². The molecule has 1 fully saturated rings. The van der Waals surface area contributed by atoms with E-state index >= 15 is 0 Å². The maximum atomic E-state index is 12.7. The van der Waals surface area contributed by atoms with Gasteiger partial charge in [-0.15, -0.1) is 10.2 Å². The first-order chi connectivity index (χ1) is 14.1. The smallest absolute Gasteiger partial charge is 0.224 e. The summed E-state index contributed by atoms with van der Waals surface area (Å²) < 4.78 is 5.32. The molecule has 0 bridgehead atoms. The number of aromatic amines is 1. The number of rotatable bonds is 6. The van der Waals surface area contributed by atoms with Gasteiger partial charge < -0.3 is 19.9 Å². The number of nitrogens with zero attached hydrogens (tertiary/aromatic N) is 3. The van der Waals surface area contributed by atoms with Crippen molar-refractivity contribution in [1.29, 1.82) is 0 Å². The van der Waals surface area contributed by atoms with E-state index in [0.29, 0.717) is 18.2 Å². The van der Waals surface area contributed by atoms with Crippen LogP contribution in [0.15, 0.2) is 36.5 Å². The normalized spacial score (nSPS) is 16.8. The van der Waals surface area contributed by atoms with E-state index in [1.165, 1.54) is 5.56 Å². The van der Waals surface area contributed by atoms with Gasteiger partial charge in [0, 0.05) is 36.7 Å². The maximum Gasteiger partial charge on any atom is 0.224 e. The first-order valence-corrected chi connectivity index (χ1v) is 10.2. The number of hydrogen-bond acceptors (Lipinski definition) is 5. The lowest BCUT2D eigenvalue weighted by Crippen LogP contribution is -2.43. The molecule has 1 saturated heterocycles. The Balaban J connectivity index is 1.33. The largest absolute Gasteiger partial charge is 0.497 e. The number of halogens is 1. The predicted molar refractivity (Wildman–Crippen MR) is 114 cm³/mol. The molecule has 1 amide bonds. The predicted octanol–water partition coefficient (Wildman–Crippen LogP) is 3.20. The molecule has 1 aromatic carbocycles. The van der Waals surface area contributed by atoms with Gasteiger partial charge in [-0.25, -0.2) is 0 Å². The number of amides is 1. The molecule has 0 saturated carbocycles. The fourth-order valence-corrected chi connectivity index (χ4v) is 3.93. The molecule has 0 aliphatic carbocycles. The van der Waals surface area contributed by atoms with Gasteiger partial charge >= 0.3 is 0 Å². The molecule has 3 aromatic rings. The van der Waals surface area contributed by atoms with Crippen LogP contribution in [0, 0.1) is 5.92 Å². The van der Waals surface area contributed by atoms with E-state index < -0.39 is 0 Å². The average Bonchev–Trinajstić information content (AvgIpc) is 3.16. The second-order valence-corrected chi connectivity index (χ2v) is 7.65. The number of anilines is 1. The summed E-state index contributed by atoms with van der Waals surface area (Å²) in [6.45, 7) is 2.12. The van der Waals surface area contributed by atoms with Crippen LogP contribution >= 0.6 is 11.6 Å². The van der Waals surface area contributed by atoms with Crippen molar-refractivity contribution >= 4 is 34.2 Å². The second kappa shape index (κ2) is 8.69. The zero-order valence-corrected chi connectivity index (χ0v) is 17.1. The SMILES string of the molecule is COc1ccc2[nH]cc(CCNC(=O)[C@@H]3CCCN(c4ccc(Cl)nn4)C3)c2c1. The summed E-state index contributed by atoms with van der Waals surface area (Å²) in [5.41, 5.74) is 2.24. The Morgan fingerprint density at radius 3 is 3.03 bits per heavy atom. The molecule has 1 atom stereocenters. The molecule has 2 aromatic heterocycles. The Kier molecular flexibility index (Phi) is 5.85. The number of hydrogen-bond donors (Lipinski definition) is 2. The molecule has 3 heterocycles. The monoisotopic (exact) mass is 413 g/mol. The highest BCUT2D eigenvalue weighted by Gasteiger charge is 2.26. The molecule has 29 heavy (non-hydrogen) atoms. The summed E-state index contributed by atoms with van der Waals surface area (Å²) in [7, 11) is 1.66. The molecule has 152 valence electrons. The summed E-state index contributed by atoms with van der Waals surface area (Å²) in [6, 6.07) is 9.54. The van der Waals surface area contributed by atoms with Crippen LogP contribution in [0.2, 0.25) is 5.15 Å². The Labute approximate surface area is 174 Å². The fourth-order valence-electron chi connectivity index (χ4n) is 3.83. The summed E-state index contributed by atoms with van der Waals surface area (Å²) in [5, 5.41) is 12.6. The number of H-pyrrole nitrogens is 1. The number of fused-ring (bicyclic) bond motifs is 1. The van der Waals surface area contributed by atoms with Crippen molar-refractivity contribution in [1.82, 2.24) is 20.5 Å². The van der Waals surface area contributed by atoms with Gasteiger partial charge in [0.05, 0.1) is 13.0 Å². The molecule has 1 aliphatic rings. The molecule has 2 N–H and O–H groups in total. The van der Waals surface area contributed by atoms with Crippen molar-refractivity contribution < 1.29 is 9.53 Å². The third kappa shape index (κ3) is 4.45. The van der Waals surface area contributed by atoms with Gasteiger partial charge in [0.1, 0.15) is 5.75 Å². The highest BCUT2D eigenvalue weighted by molar-refractivity contribution is 6.29. The fraction of sp³-hybridized carbons (Fsp3) is 0.381. The number of piperidine rings is 1. The van der Waals surface area contributed by atoms with Gasteiger partial charge in [0.2, 0.25) is 5.91 Å². The summed E-state index contributed by atoms with van der Waals surface area (Å²) >= 11 is 5.82. The quantitative estimate of drug-likeness (QED) is 0.648. The minimum atomic E-state index is -0.0516. The number of nitrogens with one attached hydrogen (secondary N) is 2. The third-order valence-electron chi connectivity index (χ3n) is 5.40. The topological polar surface area (TPSA) is 83.1 Å². The molecular formula is C21H24ClN5O2. The lowest BCUT2D eigenvalue weighted by atomic mass is 9.97. The van der Waals surface area contributed by atoms with Gasteiger partial charge in [-0.3, -0.25) is 4.79 Å². The van der Waals surface area contributed by atoms with Crippen LogP contribution in [0.3, 0.4) is 0 Å². The molecular weight excluding hydrogens is 390 g/mol. The van der Waals surface area contributed by atoms with Gasteiger partial charge in [0.25, 0.3) is 0 Å². The second-order valence-electron chi connectivity index (χ2n) is 7.27. The number of carbonyl (C=O) groups excluding carboxylic acids is 1. The van der Waals surface area contributed by atoms with Crippen molar-refractivity contribution in [2.75, 3.05) is 31.6 Å². The molecule has 0 radical (unpaired) electrons. The van der Waals surface area contributed by atoms with E-state index in [9.17, 15) is 4.79 Å². The number of benzene rings is 1. The first kappa shape index (κ1) is 19.5. The van der Waals surface area contributed by atoms with Crippen LogP contribution in [-0.4, -0.2) is 47.8 Å². The average molecular weight is 414 g/mol. The zero-order chi connectivity index (χ0) is 20.2. The van der Waals surface area contributed by atoms with Crippen molar-refractivity contribution in [2.45, 2.75) is 19.3 Å². The van der Waals surface area contributed by atoms with E-state index in [-0.39, 0.29) is 11.8 Å². The Morgan fingerprint density at radius 2 is 2.24 bits per heavy atom. The van der Waals surface area contributed by atoms with E-state index in [0.717, 1.165) is 48.3 Å². The third-order valence-corrected chi connectivity index (χ3v) is 5.60. The minimum Gasteiger partial charge on any atom is -0.497 e. The number of ether oxygens (including phenoxy) is 1. The van der Waals surface area contributed by atoms with E-state index in [2.05, 4.69) is 25.4 Å². The molecule has 0 unspecified atom stereocenters. The Bertz CT molecular complexity index is 988. The minimum absolute atomic E-state index is 0.0516. The lowest BCUT2D eigenvalue weighted by molar-refractivity contribution is -0.125. The summed E-state index contributed by atoms with van der Waals surface area (Å²) in [6.07, 6.45) is 4.59. The van der Waals surface area contributed by atoms with Crippen molar-refractivity contribution in [3.63, 3.8) is 0 Å². The Hall–Kier alpha value is -2.80. The van der Waals surface area contributed by atoms with Gasteiger partial charge in [0.15, 0.2) is 11.0 Å². The van der Waals surface area contributed by atoms with Gasteiger partial charge in [-0.2, -0.15) is 0 Å². The molecule has 8 heteroatoms. The van der Waals surface area contributed by atoms with Crippen LogP contribution in [0.25, 0.3) is 10.9 Å². The zero-order valence-electron chi connectivity index (χ0n) is 16.3. The van der Waals surface area contributed by atoms with Crippen LogP contribution in [-0.2, 0) is 11.2 Å². The van der Waals surface area contributed by atoms with Crippen molar-refractivity contribution in [2.24, 2.45) is 5.92 Å². The Morgan fingerprint density at radius 1 is 1.34 bits per heavy atom. The van der Waals surface area contributed by atoms with Crippen LogP contribution in [0.5, 0.6) is 5.75 Å². The molecule has 1 aliphatic heterocycles. The standard InChI is InChI=1S/C21H24ClN5O2/c1-29-16-4-5-18-17(11-16)14(12-24-18)8-9-23-21(28)15-3-2-10-27(13-15)20-7-6-19(22)25-26-20/h4-7,11-12,15,24H,2-3,8-10,13H2,1H3,(H,23,28)/t15-/m1/s1. The summed E-state index contributed by atoms with van der Waals surface area (Å²) in [5.74, 6) is 1.63. The number of aromatic nitrogens is 3. The van der Waals surface area contributed by atoms with Crippen LogP contribution < -0.4 is 15.0 Å². The highest BCUT2D eigenvalue weighted by Crippen LogP contribution is 2.24. The van der Waals surface area contributed by atoms with E-state index in [1.54, 1.807) is 13.2 Å². The van der Waals surface area contributed by atoms with Crippen LogP contribution in [0.4, 0.5) is 5.82 Å². The van der Waals surface area contributed by atoms with Gasteiger partial charge in [-0.05, 0) is 55.2 Å².